The molecule has 0 spiro atoms. The fraction of sp³-hybridized carbons (Fsp3) is 0.467. The van der Waals surface area contributed by atoms with Gasteiger partial charge in [0.15, 0.2) is 0 Å². The van der Waals surface area contributed by atoms with Crippen LogP contribution in [0.1, 0.15) is 30.8 Å². The van der Waals surface area contributed by atoms with Gasteiger partial charge in [-0.15, -0.1) is 0 Å². The summed E-state index contributed by atoms with van der Waals surface area (Å²) in [4.78, 5) is 8.30. The van der Waals surface area contributed by atoms with Crippen molar-refractivity contribution in [3.05, 3.63) is 42.1 Å². The second kappa shape index (κ2) is 6.19. The maximum atomic E-state index is 12.8. The molecule has 0 aromatic carbocycles. The minimum Gasteiger partial charge on any atom is -0.368 e. The van der Waals surface area contributed by atoms with Crippen LogP contribution in [0.15, 0.2) is 30.7 Å². The number of nitrogens with one attached hydrogen (secondary N) is 1. The van der Waals surface area contributed by atoms with Crippen LogP contribution in [-0.2, 0) is 17.5 Å². The van der Waals surface area contributed by atoms with E-state index in [1.165, 1.54) is 0 Å². The second-order valence-electron chi connectivity index (χ2n) is 5.33. The molecule has 0 aliphatic carbocycles. The molecule has 0 radical (unpaired) electrons. The van der Waals surface area contributed by atoms with Crippen molar-refractivity contribution in [2.45, 2.75) is 38.2 Å². The summed E-state index contributed by atoms with van der Waals surface area (Å²) in [7, 11) is 0. The van der Waals surface area contributed by atoms with Gasteiger partial charge in [0.05, 0.1) is 11.6 Å². The Kier molecular flexibility index (Phi) is 4.25. The van der Waals surface area contributed by atoms with Crippen LogP contribution in [0.2, 0.25) is 0 Å². The Hall–Kier alpha value is -2.09. The van der Waals surface area contributed by atoms with Gasteiger partial charge in [-0.2, -0.15) is 13.2 Å². The van der Waals surface area contributed by atoms with Crippen molar-refractivity contribution in [2.24, 2.45) is 0 Å². The van der Waals surface area contributed by atoms with Gasteiger partial charge in [-0.3, -0.25) is 0 Å². The SMILES string of the molecule is CCn1ccnc1[C@H]1OCC[C@@H]1Nc1cc(C(F)(F)F)ccn1. The molecule has 0 unspecified atom stereocenters. The number of alkyl halides is 3. The van der Waals surface area contributed by atoms with Crippen LogP contribution >= 0.6 is 0 Å². The van der Waals surface area contributed by atoms with Crippen molar-refractivity contribution in [1.29, 1.82) is 0 Å². The van der Waals surface area contributed by atoms with Crippen LogP contribution < -0.4 is 5.32 Å². The van der Waals surface area contributed by atoms with Crippen molar-refractivity contribution in [3.8, 4) is 0 Å². The molecule has 8 heteroatoms. The molecule has 3 heterocycles. The highest BCUT2D eigenvalue weighted by Crippen LogP contribution is 2.33. The fourth-order valence-electron chi connectivity index (χ4n) is 2.71. The molecule has 0 amide bonds. The van der Waals surface area contributed by atoms with Crippen molar-refractivity contribution < 1.29 is 17.9 Å². The van der Waals surface area contributed by atoms with E-state index in [1.807, 2.05) is 17.7 Å². The minimum atomic E-state index is -4.39. The molecule has 23 heavy (non-hydrogen) atoms. The van der Waals surface area contributed by atoms with Crippen molar-refractivity contribution in [1.82, 2.24) is 14.5 Å². The van der Waals surface area contributed by atoms with Crippen molar-refractivity contribution >= 4 is 5.82 Å². The second-order valence-corrected chi connectivity index (χ2v) is 5.33. The molecule has 2 atom stereocenters. The van der Waals surface area contributed by atoms with E-state index in [0.717, 1.165) is 30.7 Å². The van der Waals surface area contributed by atoms with E-state index in [0.29, 0.717) is 13.0 Å². The Morgan fingerprint density at radius 3 is 2.91 bits per heavy atom. The average Bonchev–Trinajstić information content (AvgIpc) is 3.14. The summed E-state index contributed by atoms with van der Waals surface area (Å²) >= 11 is 0. The molecule has 124 valence electrons. The van der Waals surface area contributed by atoms with Crippen LogP contribution in [0.5, 0.6) is 0 Å². The molecule has 2 aromatic rings. The number of pyridine rings is 1. The number of hydrogen-bond donors (Lipinski definition) is 1. The Morgan fingerprint density at radius 2 is 2.17 bits per heavy atom. The van der Waals surface area contributed by atoms with Gasteiger partial charge in [0.2, 0.25) is 0 Å². The van der Waals surface area contributed by atoms with Crippen LogP contribution in [-0.4, -0.2) is 27.2 Å². The first-order chi connectivity index (χ1) is 11.0. The third-order valence-corrected chi connectivity index (χ3v) is 3.86. The summed E-state index contributed by atoms with van der Waals surface area (Å²) in [6.45, 7) is 3.28. The summed E-state index contributed by atoms with van der Waals surface area (Å²) < 4.78 is 46.0. The molecule has 1 N–H and O–H groups in total. The maximum absolute atomic E-state index is 12.8. The van der Waals surface area contributed by atoms with Gasteiger partial charge in [0.1, 0.15) is 17.7 Å². The summed E-state index contributed by atoms with van der Waals surface area (Å²) in [5.74, 6) is 0.962. The molecule has 3 rings (SSSR count). The normalized spacial score (nSPS) is 21.6. The summed E-state index contributed by atoms with van der Waals surface area (Å²) in [5.41, 5.74) is -0.722. The molecule has 5 nitrogen and oxygen atoms in total. The highest BCUT2D eigenvalue weighted by Gasteiger charge is 2.34. The number of aryl methyl sites for hydroxylation is 1. The van der Waals surface area contributed by atoms with Gasteiger partial charge in [-0.25, -0.2) is 9.97 Å². The van der Waals surface area contributed by atoms with Gasteiger partial charge in [-0.05, 0) is 25.5 Å². The Balaban J connectivity index is 1.79. The number of aromatic nitrogens is 3. The number of rotatable bonds is 4. The zero-order valence-corrected chi connectivity index (χ0v) is 12.5. The first kappa shape index (κ1) is 15.8. The van der Waals surface area contributed by atoms with Gasteiger partial charge in [0, 0.05) is 31.7 Å². The zero-order valence-electron chi connectivity index (χ0n) is 12.5. The smallest absolute Gasteiger partial charge is 0.368 e. The Labute approximate surface area is 131 Å². The molecule has 0 saturated carbocycles. The van der Waals surface area contributed by atoms with Crippen LogP contribution in [0, 0.1) is 0 Å². The third-order valence-electron chi connectivity index (χ3n) is 3.86. The summed E-state index contributed by atoms with van der Waals surface area (Å²) in [6, 6.07) is 1.80. The van der Waals surface area contributed by atoms with E-state index >= 15 is 0 Å². The number of hydrogen-bond acceptors (Lipinski definition) is 4. The van der Waals surface area contributed by atoms with E-state index < -0.39 is 11.7 Å². The monoisotopic (exact) mass is 326 g/mol. The first-order valence-corrected chi connectivity index (χ1v) is 7.41. The molecule has 0 bridgehead atoms. The molecular formula is C15H17F3N4O. The lowest BCUT2D eigenvalue weighted by Crippen LogP contribution is -2.26. The van der Waals surface area contributed by atoms with Crippen molar-refractivity contribution in [2.75, 3.05) is 11.9 Å². The predicted octanol–water partition coefficient (Wildman–Crippen LogP) is 3.26. The molecular weight excluding hydrogens is 309 g/mol. The average molecular weight is 326 g/mol. The van der Waals surface area contributed by atoms with Gasteiger partial charge >= 0.3 is 6.18 Å². The van der Waals surface area contributed by atoms with Gasteiger partial charge in [0.25, 0.3) is 0 Å². The number of ether oxygens (including phenoxy) is 1. The number of anilines is 1. The van der Waals surface area contributed by atoms with Gasteiger partial charge in [-0.1, -0.05) is 0 Å². The lowest BCUT2D eigenvalue weighted by molar-refractivity contribution is -0.137. The first-order valence-electron chi connectivity index (χ1n) is 7.41. The molecule has 1 aliphatic rings. The van der Waals surface area contributed by atoms with Gasteiger partial charge < -0.3 is 14.6 Å². The fourth-order valence-corrected chi connectivity index (χ4v) is 2.71. The van der Waals surface area contributed by atoms with Crippen LogP contribution in [0.3, 0.4) is 0 Å². The Bertz CT molecular complexity index is 671. The molecule has 2 aromatic heterocycles. The predicted molar refractivity (Wildman–Crippen MR) is 77.9 cm³/mol. The van der Waals surface area contributed by atoms with Crippen molar-refractivity contribution in [3.63, 3.8) is 0 Å². The molecule has 1 fully saturated rings. The lowest BCUT2D eigenvalue weighted by atomic mass is 10.1. The largest absolute Gasteiger partial charge is 0.416 e. The lowest BCUT2D eigenvalue weighted by Gasteiger charge is -2.21. The van der Waals surface area contributed by atoms with Crippen LogP contribution in [0.4, 0.5) is 19.0 Å². The molecule has 1 aliphatic heterocycles. The number of imidazole rings is 1. The highest BCUT2D eigenvalue weighted by molar-refractivity contribution is 5.40. The quantitative estimate of drug-likeness (QED) is 0.937. The Morgan fingerprint density at radius 1 is 1.35 bits per heavy atom. The third kappa shape index (κ3) is 3.31. The van der Waals surface area contributed by atoms with E-state index in [1.54, 1.807) is 6.20 Å². The standard InChI is InChI=1S/C15H17F3N4O/c1-2-22-7-6-20-14(22)13-11(4-8-23-13)21-12-9-10(3-5-19-12)15(16,17)18/h3,5-7,9,11,13H,2,4,8H2,1H3,(H,19,21)/t11-,13-/m0/s1. The van der Waals surface area contributed by atoms with E-state index in [4.69, 9.17) is 4.74 Å². The molecule has 1 saturated heterocycles. The summed E-state index contributed by atoms with van der Waals surface area (Å²) in [6.07, 6.45) is 0.698. The summed E-state index contributed by atoms with van der Waals surface area (Å²) in [5, 5.41) is 3.05. The maximum Gasteiger partial charge on any atom is 0.416 e. The van der Waals surface area contributed by atoms with E-state index in [-0.39, 0.29) is 18.0 Å². The number of halogens is 3. The topological polar surface area (TPSA) is 52.0 Å². The van der Waals surface area contributed by atoms with Crippen LogP contribution in [0.25, 0.3) is 0 Å². The highest BCUT2D eigenvalue weighted by atomic mass is 19.4. The zero-order chi connectivity index (χ0) is 16.4. The number of nitrogens with zero attached hydrogens (tertiary/aromatic N) is 3. The van der Waals surface area contributed by atoms with E-state index in [9.17, 15) is 13.2 Å². The minimum absolute atomic E-state index is 0.168. The van der Waals surface area contributed by atoms with E-state index in [2.05, 4.69) is 15.3 Å².